The van der Waals surface area contributed by atoms with E-state index in [1.54, 1.807) is 0 Å². The van der Waals surface area contributed by atoms with Crippen molar-refractivity contribution in [2.24, 2.45) is 5.92 Å². The van der Waals surface area contributed by atoms with Gasteiger partial charge in [0, 0.05) is 24.8 Å². The zero-order chi connectivity index (χ0) is 15.3. The van der Waals surface area contributed by atoms with Crippen LogP contribution in [0.5, 0.6) is 0 Å². The van der Waals surface area contributed by atoms with Crippen molar-refractivity contribution in [1.29, 1.82) is 0 Å². The van der Waals surface area contributed by atoms with Crippen molar-refractivity contribution in [2.45, 2.75) is 52.2 Å². The molecule has 1 rings (SSSR count). The van der Waals surface area contributed by atoms with Gasteiger partial charge in [0.1, 0.15) is 0 Å². The lowest BCUT2D eigenvalue weighted by molar-refractivity contribution is 0.119. The topological polar surface area (TPSA) is 18.5 Å². The zero-order valence-electron chi connectivity index (χ0n) is 14.1. The summed E-state index contributed by atoms with van der Waals surface area (Å²) in [7, 11) is 4.25. The molecule has 1 fully saturated rings. The van der Waals surface area contributed by atoms with Crippen molar-refractivity contribution in [3.05, 3.63) is 24.4 Å². The number of allylic oxidation sites excluding steroid dienone is 1. The highest BCUT2D eigenvalue weighted by Crippen LogP contribution is 2.23. The fourth-order valence-electron chi connectivity index (χ4n) is 3.37. The predicted octanol–water partition coefficient (Wildman–Crippen LogP) is 3.06. The Bertz CT molecular complexity index is 337. The molecular formula is C17H33N3. The van der Waals surface area contributed by atoms with Gasteiger partial charge in [-0.3, -0.25) is 4.90 Å². The lowest BCUT2D eigenvalue weighted by atomic mass is 9.93. The molecule has 1 aliphatic rings. The molecule has 3 atom stereocenters. The van der Waals surface area contributed by atoms with E-state index in [2.05, 4.69) is 56.1 Å². The molecule has 0 spiro atoms. The molecule has 0 aliphatic carbocycles. The van der Waals surface area contributed by atoms with E-state index >= 15 is 0 Å². The number of nitrogens with one attached hydrogen (secondary N) is 1. The van der Waals surface area contributed by atoms with E-state index in [1.807, 2.05) is 7.05 Å². The smallest absolute Gasteiger partial charge is 0.0811 e. The molecule has 3 heteroatoms. The summed E-state index contributed by atoms with van der Waals surface area (Å²) in [5.41, 5.74) is 2.40. The minimum atomic E-state index is 0.281. The minimum absolute atomic E-state index is 0.281. The van der Waals surface area contributed by atoms with Crippen molar-refractivity contribution in [3.8, 4) is 0 Å². The van der Waals surface area contributed by atoms with Crippen LogP contribution in [-0.2, 0) is 0 Å². The van der Waals surface area contributed by atoms with Gasteiger partial charge >= 0.3 is 0 Å². The van der Waals surface area contributed by atoms with Gasteiger partial charge in [-0.1, -0.05) is 20.1 Å². The molecule has 0 saturated carbocycles. The Kier molecular flexibility index (Phi) is 6.77. The molecule has 20 heavy (non-hydrogen) atoms. The van der Waals surface area contributed by atoms with Crippen LogP contribution in [0.3, 0.4) is 0 Å². The van der Waals surface area contributed by atoms with E-state index in [4.69, 9.17) is 0 Å². The van der Waals surface area contributed by atoms with Crippen molar-refractivity contribution >= 4 is 0 Å². The third-order valence-electron chi connectivity index (χ3n) is 4.44. The Morgan fingerprint density at radius 3 is 2.50 bits per heavy atom. The van der Waals surface area contributed by atoms with Crippen LogP contribution in [0.1, 0.15) is 40.0 Å². The Morgan fingerprint density at radius 1 is 1.35 bits per heavy atom. The first-order valence-electron chi connectivity index (χ1n) is 7.81. The summed E-state index contributed by atoms with van der Waals surface area (Å²) < 4.78 is 0. The van der Waals surface area contributed by atoms with E-state index in [0.29, 0.717) is 12.0 Å². The van der Waals surface area contributed by atoms with Crippen LogP contribution in [0.25, 0.3) is 0 Å². The van der Waals surface area contributed by atoms with E-state index < -0.39 is 0 Å². The summed E-state index contributed by atoms with van der Waals surface area (Å²) in [6.07, 6.45) is 4.01. The molecule has 1 heterocycles. The molecule has 0 aromatic carbocycles. The second-order valence-electron chi connectivity index (χ2n) is 6.52. The second-order valence-corrected chi connectivity index (χ2v) is 6.52. The fourth-order valence-corrected chi connectivity index (χ4v) is 3.37. The molecule has 0 radical (unpaired) electrons. The number of rotatable bonds is 5. The molecular weight excluding hydrogens is 246 g/mol. The van der Waals surface area contributed by atoms with Crippen molar-refractivity contribution in [3.63, 3.8) is 0 Å². The second kappa shape index (κ2) is 7.84. The molecule has 116 valence electrons. The van der Waals surface area contributed by atoms with Crippen LogP contribution in [0, 0.1) is 5.92 Å². The first-order valence-corrected chi connectivity index (χ1v) is 7.81. The third kappa shape index (κ3) is 4.64. The molecule has 3 unspecified atom stereocenters. The van der Waals surface area contributed by atoms with Gasteiger partial charge in [-0.2, -0.15) is 0 Å². The first-order chi connectivity index (χ1) is 9.36. The number of hydrogen-bond donors (Lipinski definition) is 1. The highest BCUT2D eigenvalue weighted by molar-refractivity contribution is 5.01. The fraction of sp³-hybridized carbons (Fsp3) is 0.765. The average molecular weight is 279 g/mol. The van der Waals surface area contributed by atoms with E-state index in [9.17, 15) is 0 Å². The highest BCUT2D eigenvalue weighted by Gasteiger charge is 2.26. The first kappa shape index (κ1) is 17.3. The normalized spacial score (nSPS) is 26.0. The summed E-state index contributed by atoms with van der Waals surface area (Å²) in [6, 6.07) is 0.631. The molecule has 0 bridgehead atoms. The largest absolute Gasteiger partial charge is 0.375 e. The maximum absolute atomic E-state index is 4.11. The molecule has 0 amide bonds. The van der Waals surface area contributed by atoms with Crippen molar-refractivity contribution in [2.75, 3.05) is 27.2 Å². The molecule has 1 saturated heterocycles. The molecule has 3 nitrogen and oxygen atoms in total. The van der Waals surface area contributed by atoms with Gasteiger partial charge in [-0.05, 0) is 58.7 Å². The van der Waals surface area contributed by atoms with Gasteiger partial charge in [-0.25, -0.2) is 0 Å². The summed E-state index contributed by atoms with van der Waals surface area (Å²) in [6.45, 7) is 17.1. The Labute approximate surface area is 125 Å². The highest BCUT2D eigenvalue weighted by atomic mass is 15.3. The predicted molar refractivity (Wildman–Crippen MR) is 88.6 cm³/mol. The monoisotopic (exact) mass is 279 g/mol. The van der Waals surface area contributed by atoms with E-state index in [0.717, 1.165) is 13.1 Å². The molecule has 1 aliphatic heterocycles. The molecule has 1 N–H and O–H groups in total. The summed E-state index contributed by atoms with van der Waals surface area (Å²) >= 11 is 0. The lowest BCUT2D eigenvalue weighted by Crippen LogP contribution is -2.49. The average Bonchev–Trinajstić information content (AvgIpc) is 2.32. The Balaban J connectivity index is 2.69. The van der Waals surface area contributed by atoms with Crippen molar-refractivity contribution in [1.82, 2.24) is 15.1 Å². The van der Waals surface area contributed by atoms with Gasteiger partial charge in [-0.15, -0.1) is 0 Å². The zero-order valence-corrected chi connectivity index (χ0v) is 14.1. The molecule has 0 aromatic rings. The van der Waals surface area contributed by atoms with Crippen LogP contribution in [0.15, 0.2) is 24.4 Å². The van der Waals surface area contributed by atoms with Crippen LogP contribution < -0.4 is 5.32 Å². The maximum Gasteiger partial charge on any atom is 0.0811 e. The summed E-state index contributed by atoms with van der Waals surface area (Å²) in [5, 5.41) is 3.38. The molecule has 0 aromatic heterocycles. The Hall–Kier alpha value is -0.800. The van der Waals surface area contributed by atoms with E-state index in [-0.39, 0.29) is 6.17 Å². The van der Waals surface area contributed by atoms with Gasteiger partial charge in [0.05, 0.1) is 6.17 Å². The number of hydrogen-bond acceptors (Lipinski definition) is 3. The van der Waals surface area contributed by atoms with E-state index in [1.165, 1.54) is 30.5 Å². The standard InChI is InChI=1S/C17H33N3/c1-13(2)17(18-6)19(7)16-9-8-10-20(14(3)4)12-15(5)11-16/h15-18H,1,3,8-12H2,2,4-7H3. The number of nitrogens with zero attached hydrogens (tertiary/aromatic N) is 2. The van der Waals surface area contributed by atoms with Crippen LogP contribution >= 0.6 is 0 Å². The van der Waals surface area contributed by atoms with Gasteiger partial charge in [0.15, 0.2) is 0 Å². The van der Waals surface area contributed by atoms with Gasteiger partial charge in [0.2, 0.25) is 0 Å². The third-order valence-corrected chi connectivity index (χ3v) is 4.44. The Morgan fingerprint density at radius 2 is 2.00 bits per heavy atom. The van der Waals surface area contributed by atoms with Crippen LogP contribution in [-0.4, -0.2) is 49.2 Å². The van der Waals surface area contributed by atoms with Crippen LogP contribution in [0.2, 0.25) is 0 Å². The van der Waals surface area contributed by atoms with Crippen LogP contribution in [0.4, 0.5) is 0 Å². The SMILES string of the molecule is C=C(C)C(NC)N(C)C1CCCN(C(=C)C)CC(C)C1. The maximum atomic E-state index is 4.11. The number of likely N-dealkylation sites (N-methyl/N-ethyl adjacent to an activating group) is 2. The minimum Gasteiger partial charge on any atom is -0.375 e. The lowest BCUT2D eigenvalue weighted by Gasteiger charge is -2.40. The summed E-state index contributed by atoms with van der Waals surface area (Å²) in [5.74, 6) is 0.696. The summed E-state index contributed by atoms with van der Waals surface area (Å²) in [4.78, 5) is 4.91. The van der Waals surface area contributed by atoms with Crippen molar-refractivity contribution < 1.29 is 0 Å². The number of likely N-dealkylation sites (tertiary alicyclic amines) is 1. The quantitative estimate of drug-likeness (QED) is 0.616. The van der Waals surface area contributed by atoms with Gasteiger partial charge < -0.3 is 10.2 Å². The van der Waals surface area contributed by atoms with Gasteiger partial charge in [0.25, 0.3) is 0 Å².